The van der Waals surface area contributed by atoms with Crippen molar-refractivity contribution in [2.45, 2.75) is 5.33 Å². The number of hydrogen-bond acceptors (Lipinski definition) is 1. The van der Waals surface area contributed by atoms with Crippen molar-refractivity contribution >= 4 is 27.5 Å². The summed E-state index contributed by atoms with van der Waals surface area (Å²) in [7, 11) is 1.63. The van der Waals surface area contributed by atoms with Crippen molar-refractivity contribution in [3.63, 3.8) is 0 Å². The molecule has 60 valence electrons. The average molecular weight is 323 g/mol. The molecule has 0 heterocycles. The fourth-order valence-electron chi connectivity index (χ4n) is 0.787. The molecule has 0 saturated heterocycles. The minimum atomic E-state index is 0. The van der Waals surface area contributed by atoms with Crippen LogP contribution in [-0.4, -0.2) is 7.11 Å². The van der Waals surface area contributed by atoms with E-state index in [0.717, 1.165) is 16.6 Å². The van der Waals surface area contributed by atoms with E-state index >= 15 is 0 Å². The van der Waals surface area contributed by atoms with E-state index in [0.29, 0.717) is 5.02 Å². The third-order valence-corrected chi connectivity index (χ3v) is 2.14. The summed E-state index contributed by atoms with van der Waals surface area (Å²) in [5.74, 6) is 0.811. The van der Waals surface area contributed by atoms with Crippen LogP contribution in [0, 0.1) is 6.07 Å². The molecule has 0 saturated carbocycles. The Hall–Kier alpha value is 0.894. The first-order chi connectivity index (χ1) is 5.27. The van der Waals surface area contributed by atoms with Gasteiger partial charge in [-0.25, -0.2) is 0 Å². The molecule has 1 aromatic rings. The Kier molecular flexibility index (Phi) is 6.84. The fourth-order valence-corrected chi connectivity index (χ4v) is 1.41. The van der Waals surface area contributed by atoms with Crippen molar-refractivity contribution in [3.8, 4) is 5.75 Å². The van der Waals surface area contributed by atoms with Crippen molar-refractivity contribution in [1.29, 1.82) is 0 Å². The first-order valence-electron chi connectivity index (χ1n) is 3.08. The maximum Gasteiger partial charge on any atom is 3.00 e. The van der Waals surface area contributed by atoms with Gasteiger partial charge >= 0.3 is 32.7 Å². The predicted molar refractivity (Wildman–Crippen MR) is 49.5 cm³/mol. The maximum atomic E-state index is 5.72. The second-order valence-corrected chi connectivity index (χ2v) is 2.98. The van der Waals surface area contributed by atoms with Crippen LogP contribution in [0.3, 0.4) is 0 Å². The van der Waals surface area contributed by atoms with Gasteiger partial charge in [-0.05, 0) is 0 Å². The first kappa shape index (κ1) is 12.9. The van der Waals surface area contributed by atoms with Gasteiger partial charge in [-0.15, -0.1) is 29.3 Å². The van der Waals surface area contributed by atoms with E-state index in [1.54, 1.807) is 13.2 Å². The summed E-state index contributed by atoms with van der Waals surface area (Å²) in [5.41, 5.74) is 1.04. The molecular formula is C8H7BrClOY+2. The van der Waals surface area contributed by atoms with Crippen molar-refractivity contribution in [2.75, 3.05) is 7.11 Å². The van der Waals surface area contributed by atoms with E-state index in [-0.39, 0.29) is 32.7 Å². The monoisotopic (exact) mass is 322 g/mol. The van der Waals surface area contributed by atoms with Gasteiger partial charge in [-0.3, -0.25) is 0 Å². The molecule has 12 heavy (non-hydrogen) atoms. The molecule has 0 unspecified atom stereocenters. The van der Waals surface area contributed by atoms with Crippen LogP contribution in [0.1, 0.15) is 5.56 Å². The van der Waals surface area contributed by atoms with Gasteiger partial charge < -0.3 is 4.74 Å². The largest absolute Gasteiger partial charge is 3.00 e. The molecule has 0 atom stereocenters. The molecule has 0 bridgehead atoms. The van der Waals surface area contributed by atoms with Crippen molar-refractivity contribution in [1.82, 2.24) is 0 Å². The van der Waals surface area contributed by atoms with Crippen molar-refractivity contribution < 1.29 is 37.4 Å². The van der Waals surface area contributed by atoms with Crippen LogP contribution in [0.25, 0.3) is 0 Å². The number of alkyl halides is 1. The summed E-state index contributed by atoms with van der Waals surface area (Å²) in [6, 6.07) is 6.41. The molecule has 0 amide bonds. The maximum absolute atomic E-state index is 5.72. The van der Waals surface area contributed by atoms with Gasteiger partial charge in [0.1, 0.15) is 0 Å². The molecule has 0 aliphatic rings. The summed E-state index contributed by atoms with van der Waals surface area (Å²) in [5, 5.41) is 1.35. The van der Waals surface area contributed by atoms with Gasteiger partial charge in [0.15, 0.2) is 0 Å². The Bertz CT molecular complexity index is 255. The second-order valence-electron chi connectivity index (χ2n) is 2.01. The molecule has 1 aromatic carbocycles. The zero-order valence-electron chi connectivity index (χ0n) is 6.60. The third-order valence-electron chi connectivity index (χ3n) is 1.32. The minimum absolute atomic E-state index is 0. The first-order valence-corrected chi connectivity index (χ1v) is 4.58. The van der Waals surface area contributed by atoms with Gasteiger partial charge in [0, 0.05) is 11.1 Å². The Morgan fingerprint density at radius 3 is 2.83 bits per heavy atom. The minimum Gasteiger partial charge on any atom is -0.554 e. The van der Waals surface area contributed by atoms with Crippen LogP contribution < -0.4 is 4.74 Å². The molecule has 0 aliphatic heterocycles. The molecule has 0 radical (unpaired) electrons. The normalized spacial score (nSPS) is 8.92. The van der Waals surface area contributed by atoms with Gasteiger partial charge in [0.2, 0.25) is 0 Å². The summed E-state index contributed by atoms with van der Waals surface area (Å²) in [6.07, 6.45) is 0. The summed E-state index contributed by atoms with van der Waals surface area (Å²) in [4.78, 5) is 0. The van der Waals surface area contributed by atoms with Crippen LogP contribution >= 0.6 is 27.5 Å². The molecule has 1 nitrogen and oxygen atoms in total. The Labute approximate surface area is 111 Å². The number of halogens is 2. The number of methoxy groups -OCH3 is 1. The number of rotatable bonds is 2. The van der Waals surface area contributed by atoms with E-state index < -0.39 is 0 Å². The molecular weight excluding hydrogens is 316 g/mol. The van der Waals surface area contributed by atoms with Crippen LogP contribution in [0.2, 0.25) is 5.02 Å². The SMILES string of the molecule is COc1c[c-]c(Cl)cc1CBr.[Y+3]. The van der Waals surface area contributed by atoms with Crippen LogP contribution in [0.4, 0.5) is 0 Å². The number of benzene rings is 1. The predicted octanol–water partition coefficient (Wildman–Crippen LogP) is 3.04. The van der Waals surface area contributed by atoms with Gasteiger partial charge in [0.05, 0.1) is 7.11 Å². The summed E-state index contributed by atoms with van der Waals surface area (Å²) < 4.78 is 5.07. The Morgan fingerprint density at radius 2 is 2.33 bits per heavy atom. The zero-order chi connectivity index (χ0) is 8.27. The summed E-state index contributed by atoms with van der Waals surface area (Å²) in [6.45, 7) is 0. The zero-order valence-corrected chi connectivity index (χ0v) is 11.8. The molecule has 4 heteroatoms. The third kappa shape index (κ3) is 3.33. The standard InChI is InChI=1S/C8H7BrClO.Y/c1-11-8-3-2-7(10)4-6(8)5-9;/h3-4H,5H2,1H3;/q-1;+3. The molecule has 0 spiro atoms. The van der Waals surface area contributed by atoms with E-state index in [1.165, 1.54) is 0 Å². The number of ether oxygens (including phenoxy) is 1. The molecule has 0 N–H and O–H groups in total. The molecule has 1 rings (SSSR count). The van der Waals surface area contributed by atoms with Gasteiger partial charge in [-0.2, -0.15) is 6.07 Å². The van der Waals surface area contributed by atoms with Crippen LogP contribution in [0.5, 0.6) is 5.75 Å². The average Bonchev–Trinajstić information content (AvgIpc) is 2.04. The summed E-state index contributed by atoms with van der Waals surface area (Å²) >= 11 is 9.05. The molecule has 0 fully saturated rings. The van der Waals surface area contributed by atoms with E-state index in [2.05, 4.69) is 22.0 Å². The number of hydrogen-bond donors (Lipinski definition) is 0. The molecule has 0 aliphatic carbocycles. The van der Waals surface area contributed by atoms with Crippen LogP contribution in [0.15, 0.2) is 12.1 Å². The van der Waals surface area contributed by atoms with Gasteiger partial charge in [-0.1, -0.05) is 21.0 Å². The van der Waals surface area contributed by atoms with Crippen molar-refractivity contribution in [3.05, 3.63) is 28.8 Å². The topological polar surface area (TPSA) is 9.23 Å². The molecule has 0 aromatic heterocycles. The fraction of sp³-hybridized carbons (Fsp3) is 0.250. The van der Waals surface area contributed by atoms with Crippen molar-refractivity contribution in [2.24, 2.45) is 0 Å². The quantitative estimate of drug-likeness (QED) is 0.600. The smallest absolute Gasteiger partial charge is 0.554 e. The van der Waals surface area contributed by atoms with Crippen LogP contribution in [-0.2, 0) is 38.0 Å². The van der Waals surface area contributed by atoms with E-state index in [9.17, 15) is 0 Å². The van der Waals surface area contributed by atoms with Gasteiger partial charge in [0.25, 0.3) is 0 Å². The second kappa shape index (κ2) is 6.36. The Morgan fingerprint density at radius 1 is 1.67 bits per heavy atom. The van der Waals surface area contributed by atoms with E-state index in [4.69, 9.17) is 16.3 Å². The Balaban J connectivity index is 0.00000121. The van der Waals surface area contributed by atoms with E-state index in [1.807, 2.05) is 6.07 Å².